The number of hydrogen-bond donors (Lipinski definition) is 1. The molecule has 0 atom stereocenters. The largest absolute Gasteiger partial charge is 0.355 e. The van der Waals surface area contributed by atoms with Crippen molar-refractivity contribution in [2.24, 2.45) is 0 Å². The lowest BCUT2D eigenvalue weighted by Crippen LogP contribution is -2.23. The Bertz CT molecular complexity index is 845. The standard InChI is InChI=1S/C24H32N2O2/c1-17(2)8-7-9-18(3)14-15-25-23(27)21-16-22(28-26-21)19-10-12-20(13-11-19)24(4,5)6/h8,10-14,16H,7,9,15H2,1-6H3,(H,25,27). The Labute approximate surface area is 168 Å². The fourth-order valence-corrected chi connectivity index (χ4v) is 2.75. The Balaban J connectivity index is 1.92. The predicted molar refractivity (Wildman–Crippen MR) is 115 cm³/mol. The fraction of sp³-hybridized carbons (Fsp3) is 0.417. The van der Waals surface area contributed by atoms with Gasteiger partial charge < -0.3 is 9.84 Å². The van der Waals surface area contributed by atoms with E-state index in [0.29, 0.717) is 18.0 Å². The minimum Gasteiger partial charge on any atom is -0.355 e. The molecule has 0 radical (unpaired) electrons. The van der Waals surface area contributed by atoms with E-state index in [-0.39, 0.29) is 11.3 Å². The Hall–Kier alpha value is -2.62. The Morgan fingerprint density at radius 2 is 1.79 bits per heavy atom. The van der Waals surface area contributed by atoms with Gasteiger partial charge in [-0.1, -0.05) is 73.5 Å². The average molecular weight is 381 g/mol. The summed E-state index contributed by atoms with van der Waals surface area (Å²) in [6, 6.07) is 9.86. The molecule has 150 valence electrons. The van der Waals surface area contributed by atoms with Crippen molar-refractivity contribution in [3.8, 4) is 11.3 Å². The van der Waals surface area contributed by atoms with Crippen LogP contribution in [0.15, 0.2) is 58.2 Å². The summed E-state index contributed by atoms with van der Waals surface area (Å²) in [7, 11) is 0. The molecule has 0 fully saturated rings. The van der Waals surface area contributed by atoms with Gasteiger partial charge in [0.05, 0.1) is 0 Å². The second-order valence-electron chi connectivity index (χ2n) is 8.48. The number of carbonyl (C=O) groups excluding carboxylic acids is 1. The molecule has 0 bridgehead atoms. The molecule has 2 rings (SSSR count). The molecule has 0 spiro atoms. The molecule has 0 saturated heterocycles. The predicted octanol–water partition coefficient (Wildman–Crippen LogP) is 6.06. The van der Waals surface area contributed by atoms with Crippen molar-refractivity contribution in [3.63, 3.8) is 0 Å². The summed E-state index contributed by atoms with van der Waals surface area (Å²) < 4.78 is 5.37. The molecule has 1 heterocycles. The van der Waals surface area contributed by atoms with Gasteiger partial charge in [-0.15, -0.1) is 0 Å². The average Bonchev–Trinajstić information content (AvgIpc) is 3.11. The molecule has 1 aromatic heterocycles. The van der Waals surface area contributed by atoms with Gasteiger partial charge in [0.2, 0.25) is 0 Å². The summed E-state index contributed by atoms with van der Waals surface area (Å²) in [5, 5.41) is 6.78. The monoisotopic (exact) mass is 380 g/mol. The minimum absolute atomic E-state index is 0.0995. The SMILES string of the molecule is CC(C)=CCCC(C)=CCNC(=O)c1cc(-c2ccc(C(C)(C)C)cc2)on1. The topological polar surface area (TPSA) is 55.1 Å². The lowest BCUT2D eigenvalue weighted by atomic mass is 9.86. The van der Waals surface area contributed by atoms with Crippen LogP contribution in [-0.2, 0) is 5.41 Å². The van der Waals surface area contributed by atoms with Crippen molar-refractivity contribution < 1.29 is 9.32 Å². The van der Waals surface area contributed by atoms with E-state index in [0.717, 1.165) is 18.4 Å². The number of nitrogens with zero attached hydrogens (tertiary/aromatic N) is 1. The van der Waals surface area contributed by atoms with Crippen LogP contribution in [0.2, 0.25) is 0 Å². The fourth-order valence-electron chi connectivity index (χ4n) is 2.75. The number of aromatic nitrogens is 1. The van der Waals surface area contributed by atoms with Crippen molar-refractivity contribution in [2.75, 3.05) is 6.54 Å². The van der Waals surface area contributed by atoms with Crippen molar-refractivity contribution in [3.05, 3.63) is 64.9 Å². The summed E-state index contributed by atoms with van der Waals surface area (Å²) in [4.78, 5) is 12.3. The highest BCUT2D eigenvalue weighted by Crippen LogP contribution is 2.26. The van der Waals surface area contributed by atoms with Gasteiger partial charge in [0.1, 0.15) is 0 Å². The van der Waals surface area contributed by atoms with Crippen LogP contribution in [0.4, 0.5) is 0 Å². The number of allylic oxidation sites excluding steroid dienone is 3. The maximum absolute atomic E-state index is 12.3. The third-order valence-electron chi connectivity index (χ3n) is 4.58. The summed E-state index contributed by atoms with van der Waals surface area (Å²) in [6.07, 6.45) is 6.29. The van der Waals surface area contributed by atoms with Crippen LogP contribution in [0.25, 0.3) is 11.3 Å². The lowest BCUT2D eigenvalue weighted by molar-refractivity contribution is 0.0949. The zero-order chi connectivity index (χ0) is 20.7. The van der Waals surface area contributed by atoms with Crippen molar-refractivity contribution >= 4 is 5.91 Å². The number of carbonyl (C=O) groups is 1. The van der Waals surface area contributed by atoms with Gasteiger partial charge in [-0.3, -0.25) is 4.79 Å². The van der Waals surface area contributed by atoms with E-state index in [9.17, 15) is 4.79 Å². The first-order valence-corrected chi connectivity index (χ1v) is 9.81. The minimum atomic E-state index is -0.227. The molecule has 0 aliphatic heterocycles. The molecule has 1 N–H and O–H groups in total. The van der Waals surface area contributed by atoms with Crippen LogP contribution in [-0.4, -0.2) is 17.6 Å². The van der Waals surface area contributed by atoms with E-state index in [4.69, 9.17) is 4.52 Å². The molecule has 2 aromatic rings. The maximum Gasteiger partial charge on any atom is 0.273 e. The molecule has 0 aliphatic rings. The number of hydrogen-bond acceptors (Lipinski definition) is 3. The summed E-state index contributed by atoms with van der Waals surface area (Å²) in [5.74, 6) is 0.369. The summed E-state index contributed by atoms with van der Waals surface area (Å²) >= 11 is 0. The molecule has 1 amide bonds. The second kappa shape index (κ2) is 9.54. The highest BCUT2D eigenvalue weighted by atomic mass is 16.5. The molecule has 4 heteroatoms. The normalized spacial score (nSPS) is 12.0. The molecule has 4 nitrogen and oxygen atoms in total. The van der Waals surface area contributed by atoms with Gasteiger partial charge in [0.25, 0.3) is 5.91 Å². The van der Waals surface area contributed by atoms with Crippen LogP contribution >= 0.6 is 0 Å². The van der Waals surface area contributed by atoms with E-state index in [1.807, 2.05) is 18.2 Å². The number of rotatable bonds is 7. The Morgan fingerprint density at radius 3 is 2.39 bits per heavy atom. The highest BCUT2D eigenvalue weighted by molar-refractivity contribution is 5.93. The lowest BCUT2D eigenvalue weighted by Gasteiger charge is -2.18. The maximum atomic E-state index is 12.3. The molecule has 0 saturated carbocycles. The first-order valence-electron chi connectivity index (χ1n) is 9.81. The van der Waals surface area contributed by atoms with Crippen molar-refractivity contribution in [1.82, 2.24) is 10.5 Å². The van der Waals surface area contributed by atoms with Crippen molar-refractivity contribution in [2.45, 2.75) is 59.8 Å². The zero-order valence-electron chi connectivity index (χ0n) is 17.9. The molecule has 0 unspecified atom stereocenters. The van der Waals surface area contributed by atoms with Crippen LogP contribution in [0.1, 0.15) is 70.4 Å². The second-order valence-corrected chi connectivity index (χ2v) is 8.48. The summed E-state index contributed by atoms with van der Waals surface area (Å²) in [6.45, 7) is 13.3. The number of amides is 1. The van der Waals surface area contributed by atoms with E-state index in [2.05, 4.69) is 70.2 Å². The van der Waals surface area contributed by atoms with Crippen LogP contribution in [0.3, 0.4) is 0 Å². The first kappa shape index (κ1) is 21.7. The molecule has 1 aromatic carbocycles. The number of benzene rings is 1. The van der Waals surface area contributed by atoms with E-state index < -0.39 is 0 Å². The summed E-state index contributed by atoms with van der Waals surface area (Å²) in [5.41, 5.74) is 5.15. The first-order chi connectivity index (χ1) is 13.2. The van der Waals surface area contributed by atoms with Gasteiger partial charge in [0, 0.05) is 18.2 Å². The molecular weight excluding hydrogens is 348 g/mol. The molecular formula is C24H32N2O2. The molecule has 0 aliphatic carbocycles. The quantitative estimate of drug-likeness (QED) is 0.594. The van der Waals surface area contributed by atoms with Gasteiger partial charge in [-0.05, 0) is 44.6 Å². The number of nitrogens with one attached hydrogen (secondary N) is 1. The van der Waals surface area contributed by atoms with Crippen molar-refractivity contribution in [1.29, 1.82) is 0 Å². The van der Waals surface area contributed by atoms with Crippen LogP contribution < -0.4 is 5.32 Å². The third-order valence-corrected chi connectivity index (χ3v) is 4.58. The smallest absolute Gasteiger partial charge is 0.273 e. The zero-order valence-corrected chi connectivity index (χ0v) is 17.9. The van der Waals surface area contributed by atoms with Crippen LogP contribution in [0.5, 0.6) is 0 Å². The highest BCUT2D eigenvalue weighted by Gasteiger charge is 2.16. The molecule has 28 heavy (non-hydrogen) atoms. The van der Waals surface area contributed by atoms with Gasteiger partial charge in [-0.25, -0.2) is 0 Å². The van der Waals surface area contributed by atoms with E-state index >= 15 is 0 Å². The Kier molecular flexibility index (Phi) is 7.38. The van der Waals surface area contributed by atoms with Gasteiger partial charge in [0.15, 0.2) is 11.5 Å². The Morgan fingerprint density at radius 1 is 1.11 bits per heavy atom. The van der Waals surface area contributed by atoms with E-state index in [1.54, 1.807) is 6.07 Å². The van der Waals surface area contributed by atoms with Gasteiger partial charge >= 0.3 is 0 Å². The van der Waals surface area contributed by atoms with Gasteiger partial charge in [-0.2, -0.15) is 0 Å². The van der Waals surface area contributed by atoms with Crippen LogP contribution in [0, 0.1) is 0 Å². The third kappa shape index (κ3) is 6.52. The van der Waals surface area contributed by atoms with E-state index in [1.165, 1.54) is 16.7 Å².